The Morgan fingerprint density at radius 2 is 1.68 bits per heavy atom. The minimum Gasteiger partial charge on any atom is -0.325 e. The second kappa shape index (κ2) is 7.85. The van der Waals surface area contributed by atoms with Gasteiger partial charge < -0.3 is 5.32 Å². The number of amides is 1. The summed E-state index contributed by atoms with van der Waals surface area (Å²) in [6, 6.07) is 12.2. The molecule has 150 valence electrons. The minimum absolute atomic E-state index is 0.102. The third kappa shape index (κ3) is 3.81. The van der Waals surface area contributed by atoms with Crippen LogP contribution in [0, 0.1) is 6.92 Å². The Labute approximate surface area is 171 Å². The normalized spacial score (nSPS) is 16.3. The molecule has 28 heavy (non-hydrogen) atoms. The van der Waals surface area contributed by atoms with E-state index in [1.807, 2.05) is 19.1 Å². The van der Waals surface area contributed by atoms with Crippen molar-refractivity contribution >= 4 is 33.2 Å². The number of nitrogens with zero attached hydrogens (tertiary/aromatic N) is 1. The van der Waals surface area contributed by atoms with Gasteiger partial charge >= 0.3 is 0 Å². The van der Waals surface area contributed by atoms with Crippen molar-refractivity contribution in [2.75, 3.05) is 19.4 Å². The second-order valence-corrected chi connectivity index (χ2v) is 10.1. The van der Waals surface area contributed by atoms with E-state index in [-0.39, 0.29) is 10.8 Å². The summed E-state index contributed by atoms with van der Waals surface area (Å²) in [6.45, 7) is 1.85. The zero-order valence-corrected chi connectivity index (χ0v) is 17.9. The highest BCUT2D eigenvalue weighted by Crippen LogP contribution is 2.42. The molecule has 1 aliphatic carbocycles. The summed E-state index contributed by atoms with van der Waals surface area (Å²) in [6.07, 6.45) is 3.47. The molecular weight excluding hydrogens is 396 g/mol. The van der Waals surface area contributed by atoms with E-state index in [2.05, 4.69) is 5.32 Å². The highest BCUT2D eigenvalue weighted by Gasteiger charge is 2.42. The molecule has 1 N–H and O–H groups in total. The van der Waals surface area contributed by atoms with E-state index < -0.39 is 15.4 Å². The van der Waals surface area contributed by atoms with Crippen LogP contribution in [-0.4, -0.2) is 32.7 Å². The van der Waals surface area contributed by atoms with Gasteiger partial charge in [-0.3, -0.25) is 4.79 Å². The lowest BCUT2D eigenvalue weighted by Crippen LogP contribution is -2.38. The Morgan fingerprint density at radius 1 is 1.07 bits per heavy atom. The van der Waals surface area contributed by atoms with Crippen molar-refractivity contribution in [2.45, 2.75) is 42.9 Å². The molecule has 0 atom stereocenters. The molecule has 0 saturated heterocycles. The smallest absolute Gasteiger partial charge is 0.242 e. The number of rotatable bonds is 5. The summed E-state index contributed by atoms with van der Waals surface area (Å²) in [5.74, 6) is -0.102. The van der Waals surface area contributed by atoms with Gasteiger partial charge in [0.05, 0.1) is 10.3 Å². The molecule has 1 fully saturated rings. The Bertz CT molecular complexity index is 979. The summed E-state index contributed by atoms with van der Waals surface area (Å²) in [7, 11) is -0.601. The molecule has 5 nitrogen and oxygen atoms in total. The van der Waals surface area contributed by atoms with Crippen molar-refractivity contribution in [1.29, 1.82) is 0 Å². The van der Waals surface area contributed by atoms with E-state index >= 15 is 0 Å². The molecule has 1 amide bonds. The van der Waals surface area contributed by atoms with Crippen LogP contribution in [0.25, 0.3) is 0 Å². The number of carbonyl (C=O) groups is 1. The van der Waals surface area contributed by atoms with Gasteiger partial charge in [-0.2, -0.15) is 0 Å². The van der Waals surface area contributed by atoms with E-state index in [1.54, 1.807) is 24.3 Å². The lowest BCUT2D eigenvalue weighted by Gasteiger charge is -2.29. The zero-order chi connectivity index (χ0) is 20.5. The third-order valence-electron chi connectivity index (χ3n) is 5.52. The summed E-state index contributed by atoms with van der Waals surface area (Å²) in [5, 5.41) is 3.64. The van der Waals surface area contributed by atoms with Gasteiger partial charge in [-0.1, -0.05) is 42.6 Å². The van der Waals surface area contributed by atoms with Crippen molar-refractivity contribution in [3.05, 3.63) is 58.6 Å². The molecule has 0 unspecified atom stereocenters. The Hall–Kier alpha value is -1.89. The van der Waals surface area contributed by atoms with Gasteiger partial charge in [0.2, 0.25) is 15.9 Å². The minimum atomic E-state index is -3.58. The first kappa shape index (κ1) is 20.8. The number of nitrogens with one attached hydrogen (secondary N) is 1. The van der Waals surface area contributed by atoms with Crippen LogP contribution in [-0.2, 0) is 20.2 Å². The summed E-state index contributed by atoms with van der Waals surface area (Å²) in [4.78, 5) is 13.5. The molecule has 2 aromatic rings. The lowest BCUT2D eigenvalue weighted by atomic mass is 9.78. The third-order valence-corrected chi connectivity index (χ3v) is 7.59. The SMILES string of the molecule is Cc1ccc(S(=O)(=O)N(C)C)cc1NC(=O)C1(c2ccc(Cl)cc2)CCCC1. The first-order valence-electron chi connectivity index (χ1n) is 9.27. The highest BCUT2D eigenvalue weighted by atomic mass is 35.5. The van der Waals surface area contributed by atoms with Crippen molar-refractivity contribution < 1.29 is 13.2 Å². The number of benzene rings is 2. The number of aryl methyl sites for hydroxylation is 1. The average molecular weight is 421 g/mol. The van der Waals surface area contributed by atoms with E-state index in [9.17, 15) is 13.2 Å². The average Bonchev–Trinajstić information content (AvgIpc) is 3.15. The molecule has 0 heterocycles. The first-order valence-corrected chi connectivity index (χ1v) is 11.1. The molecule has 3 rings (SSSR count). The monoisotopic (exact) mass is 420 g/mol. The maximum absolute atomic E-state index is 13.4. The Morgan fingerprint density at radius 3 is 2.25 bits per heavy atom. The van der Waals surface area contributed by atoms with Crippen molar-refractivity contribution in [3.63, 3.8) is 0 Å². The number of anilines is 1. The van der Waals surface area contributed by atoms with Crippen LogP contribution in [0.2, 0.25) is 5.02 Å². The Balaban J connectivity index is 1.96. The maximum Gasteiger partial charge on any atom is 0.242 e. The zero-order valence-electron chi connectivity index (χ0n) is 16.3. The number of halogens is 1. The van der Waals surface area contributed by atoms with E-state index in [0.29, 0.717) is 10.7 Å². The molecular formula is C21H25ClN2O3S. The largest absolute Gasteiger partial charge is 0.325 e. The molecule has 0 aromatic heterocycles. The quantitative estimate of drug-likeness (QED) is 0.781. The standard InChI is InChI=1S/C21H25ClN2O3S/c1-15-6-11-18(28(26,27)24(2)3)14-19(15)23-20(25)21(12-4-5-13-21)16-7-9-17(22)10-8-16/h6-11,14H,4-5,12-13H2,1-3H3,(H,23,25). The van der Waals surface area contributed by atoms with E-state index in [1.165, 1.54) is 20.2 Å². The summed E-state index contributed by atoms with van der Waals surface area (Å²) in [5.41, 5.74) is 1.66. The number of hydrogen-bond donors (Lipinski definition) is 1. The van der Waals surface area contributed by atoms with Crippen molar-refractivity contribution in [2.24, 2.45) is 0 Å². The van der Waals surface area contributed by atoms with Crippen LogP contribution in [0.1, 0.15) is 36.8 Å². The van der Waals surface area contributed by atoms with Gasteiger partial charge in [-0.05, 0) is 55.2 Å². The fourth-order valence-corrected chi connectivity index (χ4v) is 4.80. The summed E-state index contributed by atoms with van der Waals surface area (Å²) >= 11 is 6.02. The maximum atomic E-state index is 13.4. The summed E-state index contributed by atoms with van der Waals surface area (Å²) < 4.78 is 26.1. The molecule has 7 heteroatoms. The van der Waals surface area contributed by atoms with Gasteiger partial charge in [0.25, 0.3) is 0 Å². The van der Waals surface area contributed by atoms with Crippen molar-refractivity contribution in [1.82, 2.24) is 4.31 Å². The molecule has 1 aliphatic rings. The predicted octanol–water partition coefficient (Wildman–Crippen LogP) is 4.35. The fraction of sp³-hybridized carbons (Fsp3) is 0.381. The molecule has 0 bridgehead atoms. The van der Waals surface area contributed by atoms with E-state index in [4.69, 9.17) is 11.6 Å². The molecule has 1 saturated carbocycles. The van der Waals surface area contributed by atoms with Gasteiger partial charge in [0.1, 0.15) is 0 Å². The number of sulfonamides is 1. The van der Waals surface area contributed by atoms with Crippen LogP contribution in [0.4, 0.5) is 5.69 Å². The first-order chi connectivity index (χ1) is 13.2. The van der Waals surface area contributed by atoms with Crippen molar-refractivity contribution in [3.8, 4) is 0 Å². The highest BCUT2D eigenvalue weighted by molar-refractivity contribution is 7.89. The second-order valence-electron chi connectivity index (χ2n) is 7.51. The van der Waals surface area contributed by atoms with Crippen LogP contribution >= 0.6 is 11.6 Å². The predicted molar refractivity (Wildman–Crippen MR) is 112 cm³/mol. The van der Waals surface area contributed by atoms with E-state index in [0.717, 1.165) is 41.1 Å². The Kier molecular flexibility index (Phi) is 5.84. The number of hydrogen-bond acceptors (Lipinski definition) is 3. The fourth-order valence-electron chi connectivity index (χ4n) is 3.74. The number of carbonyl (C=O) groups excluding carboxylic acids is 1. The topological polar surface area (TPSA) is 66.5 Å². The van der Waals surface area contributed by atoms with Crippen LogP contribution in [0.3, 0.4) is 0 Å². The van der Waals surface area contributed by atoms with Gasteiger partial charge in [-0.25, -0.2) is 12.7 Å². The van der Waals surface area contributed by atoms with Gasteiger partial charge in [0.15, 0.2) is 0 Å². The van der Waals surface area contributed by atoms with Crippen LogP contribution < -0.4 is 5.32 Å². The van der Waals surface area contributed by atoms with Crippen LogP contribution in [0.5, 0.6) is 0 Å². The molecule has 2 aromatic carbocycles. The van der Waals surface area contributed by atoms with Crippen LogP contribution in [0.15, 0.2) is 47.4 Å². The molecule has 0 aliphatic heterocycles. The lowest BCUT2D eigenvalue weighted by molar-refractivity contribution is -0.121. The molecule has 0 radical (unpaired) electrons. The van der Waals surface area contributed by atoms with Gasteiger partial charge in [-0.15, -0.1) is 0 Å². The molecule has 0 spiro atoms. The van der Waals surface area contributed by atoms with Gasteiger partial charge in [0, 0.05) is 24.8 Å².